The Labute approximate surface area is 131 Å². The van der Waals surface area contributed by atoms with Crippen molar-refractivity contribution in [2.24, 2.45) is 5.41 Å². The van der Waals surface area contributed by atoms with Crippen LogP contribution in [0.5, 0.6) is 0 Å². The number of alkyl halides is 3. The van der Waals surface area contributed by atoms with Crippen molar-refractivity contribution in [1.29, 1.82) is 0 Å². The molecule has 8 heteroatoms. The summed E-state index contributed by atoms with van der Waals surface area (Å²) in [6.45, 7) is 3.81. The molecule has 2 rings (SSSR count). The predicted molar refractivity (Wildman–Crippen MR) is 76.2 cm³/mol. The van der Waals surface area contributed by atoms with E-state index in [4.69, 9.17) is 0 Å². The molecule has 0 aliphatic heterocycles. The number of rotatable bonds is 3. The topological polar surface area (TPSA) is 70.5 Å². The number of hydrogen-bond acceptors (Lipinski definition) is 3. The minimum absolute atomic E-state index is 0.208. The molecule has 0 bridgehead atoms. The first-order chi connectivity index (χ1) is 10.5. The quantitative estimate of drug-likeness (QED) is 0.923. The normalized spacial score (nSPS) is 20.3. The van der Waals surface area contributed by atoms with Gasteiger partial charge >= 0.3 is 18.1 Å². The molecule has 1 amide bonds. The van der Waals surface area contributed by atoms with Crippen LogP contribution in [-0.2, 0) is 4.79 Å². The van der Waals surface area contributed by atoms with Crippen LogP contribution in [0.1, 0.15) is 43.5 Å². The zero-order valence-electron chi connectivity index (χ0n) is 12.7. The number of carboxylic acids is 1. The number of carbonyl (C=O) groups is 2. The molecule has 1 fully saturated rings. The van der Waals surface area contributed by atoms with Crippen LogP contribution in [0.4, 0.5) is 18.9 Å². The summed E-state index contributed by atoms with van der Waals surface area (Å²) in [6, 6.07) is 0.385. The summed E-state index contributed by atoms with van der Waals surface area (Å²) in [4.78, 5) is 27.5. The highest BCUT2D eigenvalue weighted by Crippen LogP contribution is 2.42. The van der Waals surface area contributed by atoms with Gasteiger partial charge in [-0.15, -0.1) is 0 Å². The molecule has 1 aromatic rings. The number of anilines is 1. The first-order valence-electron chi connectivity index (χ1n) is 7.10. The maximum Gasteiger partial charge on any atom is 0.471 e. The van der Waals surface area contributed by atoms with E-state index in [2.05, 4.69) is 4.98 Å². The molecule has 1 aliphatic rings. The van der Waals surface area contributed by atoms with E-state index in [1.165, 1.54) is 6.20 Å². The molecule has 0 aromatic carbocycles. The van der Waals surface area contributed by atoms with Gasteiger partial charge in [0.05, 0.1) is 17.4 Å². The van der Waals surface area contributed by atoms with Crippen LogP contribution in [0.2, 0.25) is 0 Å². The molecule has 1 aliphatic carbocycles. The zero-order valence-corrected chi connectivity index (χ0v) is 12.7. The Morgan fingerprint density at radius 1 is 1.39 bits per heavy atom. The van der Waals surface area contributed by atoms with Crippen LogP contribution in [0.3, 0.4) is 0 Å². The van der Waals surface area contributed by atoms with Crippen LogP contribution in [0.15, 0.2) is 18.5 Å². The first kappa shape index (κ1) is 17.2. The van der Waals surface area contributed by atoms with Crippen LogP contribution >= 0.6 is 0 Å². The van der Waals surface area contributed by atoms with Gasteiger partial charge in [0, 0.05) is 12.2 Å². The standard InChI is InChI=1S/C15H17F3N2O3/c1-14(2)5-3-9(7-14)20(13(23)15(16,17)18)11-8-19-6-4-10(11)12(21)22/h4,6,8-9H,3,5,7H2,1-2H3,(H,21,22). The van der Waals surface area contributed by atoms with Crippen molar-refractivity contribution in [3.63, 3.8) is 0 Å². The molecule has 0 saturated heterocycles. The maximum absolute atomic E-state index is 13.0. The molecule has 1 saturated carbocycles. The van der Waals surface area contributed by atoms with E-state index in [1.54, 1.807) is 0 Å². The molecule has 5 nitrogen and oxygen atoms in total. The number of aromatic carboxylic acids is 1. The van der Waals surface area contributed by atoms with E-state index in [1.807, 2.05) is 13.8 Å². The summed E-state index contributed by atoms with van der Waals surface area (Å²) in [5.41, 5.74) is -0.896. The van der Waals surface area contributed by atoms with Gasteiger partial charge < -0.3 is 5.11 Å². The number of amides is 1. The molecule has 126 valence electrons. The third-order valence-corrected chi connectivity index (χ3v) is 4.06. The highest BCUT2D eigenvalue weighted by molar-refractivity contribution is 6.04. The molecule has 1 N–H and O–H groups in total. The SMILES string of the molecule is CC1(C)CCC(N(C(=O)C(F)(F)F)c2cnccc2C(=O)O)C1. The second-order valence-corrected chi connectivity index (χ2v) is 6.43. The Bertz CT molecular complexity index is 629. The number of pyridine rings is 1. The lowest BCUT2D eigenvalue weighted by Crippen LogP contribution is -2.47. The third-order valence-electron chi connectivity index (χ3n) is 4.06. The summed E-state index contributed by atoms with van der Waals surface area (Å²) in [7, 11) is 0. The fourth-order valence-electron chi connectivity index (χ4n) is 2.99. The van der Waals surface area contributed by atoms with E-state index in [9.17, 15) is 27.9 Å². The largest absolute Gasteiger partial charge is 0.478 e. The molecule has 0 radical (unpaired) electrons. The van der Waals surface area contributed by atoms with Crippen molar-refractivity contribution in [3.05, 3.63) is 24.0 Å². The van der Waals surface area contributed by atoms with Crippen molar-refractivity contribution in [1.82, 2.24) is 4.98 Å². The van der Waals surface area contributed by atoms with Crippen molar-refractivity contribution >= 4 is 17.6 Å². The summed E-state index contributed by atoms with van der Waals surface area (Å²) in [5.74, 6) is -3.46. The number of aromatic nitrogens is 1. The second-order valence-electron chi connectivity index (χ2n) is 6.43. The number of hydrogen-bond donors (Lipinski definition) is 1. The minimum atomic E-state index is -5.08. The number of nitrogens with zero attached hydrogens (tertiary/aromatic N) is 2. The van der Waals surface area contributed by atoms with Crippen LogP contribution in [-0.4, -0.2) is 34.2 Å². The fraction of sp³-hybridized carbons (Fsp3) is 0.533. The van der Waals surface area contributed by atoms with Crippen LogP contribution < -0.4 is 4.90 Å². The lowest BCUT2D eigenvalue weighted by molar-refractivity contribution is -0.171. The molecule has 0 spiro atoms. The second kappa shape index (κ2) is 5.82. The van der Waals surface area contributed by atoms with E-state index < -0.39 is 24.1 Å². The smallest absolute Gasteiger partial charge is 0.471 e. The van der Waals surface area contributed by atoms with Gasteiger partial charge in [0.2, 0.25) is 0 Å². The Morgan fingerprint density at radius 3 is 2.52 bits per heavy atom. The van der Waals surface area contributed by atoms with Gasteiger partial charge in [-0.05, 0) is 30.7 Å². The summed E-state index contributed by atoms with van der Waals surface area (Å²) >= 11 is 0. The molecule has 23 heavy (non-hydrogen) atoms. The van der Waals surface area contributed by atoms with Crippen LogP contribution in [0.25, 0.3) is 0 Å². The number of carboxylic acid groups (broad SMARTS) is 1. The Kier molecular flexibility index (Phi) is 4.37. The molecular weight excluding hydrogens is 313 g/mol. The summed E-state index contributed by atoms with van der Waals surface area (Å²) in [5, 5.41) is 9.20. The van der Waals surface area contributed by atoms with E-state index in [0.717, 1.165) is 12.3 Å². The predicted octanol–water partition coefficient (Wildman–Crippen LogP) is 3.25. The Balaban J connectivity index is 2.51. The van der Waals surface area contributed by atoms with Crippen molar-refractivity contribution in [2.75, 3.05) is 4.90 Å². The van der Waals surface area contributed by atoms with E-state index in [-0.39, 0.29) is 16.7 Å². The molecular formula is C15H17F3N2O3. The van der Waals surface area contributed by atoms with Gasteiger partial charge in [0.25, 0.3) is 0 Å². The lowest BCUT2D eigenvalue weighted by Gasteiger charge is -2.31. The van der Waals surface area contributed by atoms with E-state index in [0.29, 0.717) is 24.2 Å². The van der Waals surface area contributed by atoms with Crippen molar-refractivity contribution in [2.45, 2.75) is 45.3 Å². The van der Waals surface area contributed by atoms with Gasteiger partial charge in [-0.1, -0.05) is 13.8 Å². The Morgan fingerprint density at radius 2 is 2.04 bits per heavy atom. The van der Waals surface area contributed by atoms with Crippen molar-refractivity contribution < 1.29 is 27.9 Å². The van der Waals surface area contributed by atoms with Gasteiger partial charge in [-0.3, -0.25) is 14.7 Å². The molecule has 1 atom stereocenters. The molecule has 1 heterocycles. The van der Waals surface area contributed by atoms with Crippen molar-refractivity contribution in [3.8, 4) is 0 Å². The number of halogens is 3. The number of carbonyl (C=O) groups excluding carboxylic acids is 1. The van der Waals surface area contributed by atoms with Crippen LogP contribution in [0, 0.1) is 5.41 Å². The summed E-state index contributed by atoms with van der Waals surface area (Å²) < 4.78 is 39.0. The highest BCUT2D eigenvalue weighted by Gasteiger charge is 2.48. The highest BCUT2D eigenvalue weighted by atomic mass is 19.4. The van der Waals surface area contributed by atoms with E-state index >= 15 is 0 Å². The molecule has 1 aromatic heterocycles. The maximum atomic E-state index is 13.0. The fourth-order valence-corrected chi connectivity index (χ4v) is 2.99. The van der Waals surface area contributed by atoms with Gasteiger partial charge in [-0.2, -0.15) is 13.2 Å². The van der Waals surface area contributed by atoms with Gasteiger partial charge in [0.1, 0.15) is 0 Å². The zero-order chi connectivity index (χ0) is 17.4. The minimum Gasteiger partial charge on any atom is -0.478 e. The average Bonchev–Trinajstić information content (AvgIpc) is 2.78. The third kappa shape index (κ3) is 3.62. The molecule has 1 unspecified atom stereocenters. The average molecular weight is 330 g/mol. The first-order valence-corrected chi connectivity index (χ1v) is 7.10. The Hall–Kier alpha value is -2.12. The monoisotopic (exact) mass is 330 g/mol. The lowest BCUT2D eigenvalue weighted by atomic mass is 9.91. The van der Waals surface area contributed by atoms with Gasteiger partial charge in [0.15, 0.2) is 0 Å². The summed E-state index contributed by atoms with van der Waals surface area (Å²) in [6.07, 6.45) is -1.52. The van der Waals surface area contributed by atoms with Gasteiger partial charge in [-0.25, -0.2) is 4.79 Å².